The van der Waals surface area contributed by atoms with Crippen LogP contribution < -0.4 is 9.64 Å². The summed E-state index contributed by atoms with van der Waals surface area (Å²) in [6.07, 6.45) is -1.22. The number of piperidine rings is 1. The van der Waals surface area contributed by atoms with Gasteiger partial charge in [0, 0.05) is 59.4 Å². The van der Waals surface area contributed by atoms with Gasteiger partial charge in [0.15, 0.2) is 0 Å². The van der Waals surface area contributed by atoms with Gasteiger partial charge in [-0.2, -0.15) is 4.31 Å². The molecule has 0 saturated carbocycles. The molecule has 0 aliphatic carbocycles. The molecule has 1 N–H and O–H groups in total. The molecule has 54 heavy (non-hydrogen) atoms. The summed E-state index contributed by atoms with van der Waals surface area (Å²) in [6.45, 7) is 9.06. The van der Waals surface area contributed by atoms with E-state index in [0.717, 1.165) is 53.2 Å². The minimum Gasteiger partial charge on any atom is -0.490 e. The first-order valence-corrected chi connectivity index (χ1v) is 20.2. The van der Waals surface area contributed by atoms with E-state index in [4.69, 9.17) is 33.2 Å². The largest absolute Gasteiger partial charge is 0.490 e. The molecule has 3 aromatic carbocycles. The number of aryl methyl sites for hydroxylation is 1. The molecule has 0 bridgehead atoms. The second-order valence-corrected chi connectivity index (χ2v) is 16.2. The van der Waals surface area contributed by atoms with Crippen molar-refractivity contribution >= 4 is 15.7 Å². The summed E-state index contributed by atoms with van der Waals surface area (Å²) in [5.74, 6) is 0.752. The van der Waals surface area contributed by atoms with Crippen LogP contribution in [0, 0.1) is 12.8 Å². The molecule has 2 aliphatic rings. The Balaban J connectivity index is 1.44. The molecular formula is C41H58N2O10S. The van der Waals surface area contributed by atoms with Crippen molar-refractivity contribution in [1.29, 1.82) is 0 Å². The highest BCUT2D eigenvalue weighted by molar-refractivity contribution is 7.89. The Bertz CT molecular complexity index is 1670. The van der Waals surface area contributed by atoms with E-state index >= 15 is 0 Å². The number of rotatable bonds is 21. The fraction of sp³-hybridized carbons (Fsp3) is 0.561. The fourth-order valence-electron chi connectivity index (χ4n) is 7.01. The second kappa shape index (κ2) is 20.7. The van der Waals surface area contributed by atoms with Crippen molar-refractivity contribution in [2.45, 2.75) is 62.6 Å². The number of methoxy groups -OCH3 is 3. The Labute approximate surface area is 321 Å². The highest BCUT2D eigenvalue weighted by Crippen LogP contribution is 2.37. The molecule has 0 radical (unpaired) electrons. The van der Waals surface area contributed by atoms with Gasteiger partial charge in [-0.25, -0.2) is 8.42 Å². The summed E-state index contributed by atoms with van der Waals surface area (Å²) in [4.78, 5) is 2.51. The van der Waals surface area contributed by atoms with Crippen molar-refractivity contribution in [3.63, 3.8) is 0 Å². The van der Waals surface area contributed by atoms with E-state index < -0.39 is 28.3 Å². The molecule has 3 aromatic rings. The second-order valence-electron chi connectivity index (χ2n) is 14.3. The monoisotopic (exact) mass is 770 g/mol. The predicted octanol–water partition coefficient (Wildman–Crippen LogP) is 4.80. The molecule has 13 heteroatoms. The minimum atomic E-state index is -3.91. The molecule has 1 saturated heterocycles. The van der Waals surface area contributed by atoms with E-state index in [1.807, 2.05) is 43.3 Å². The van der Waals surface area contributed by atoms with Gasteiger partial charge in [-0.05, 0) is 54.3 Å². The number of benzene rings is 3. The minimum absolute atomic E-state index is 0.0323. The zero-order valence-electron chi connectivity index (χ0n) is 32.4. The number of hydrogen-bond donors (Lipinski definition) is 1. The van der Waals surface area contributed by atoms with Crippen LogP contribution >= 0.6 is 0 Å². The van der Waals surface area contributed by atoms with E-state index in [1.54, 1.807) is 38.5 Å². The zero-order valence-corrected chi connectivity index (χ0v) is 33.2. The number of aliphatic hydroxyl groups excluding tert-OH is 1. The Hall–Kier alpha value is -3.11. The molecule has 0 aromatic heterocycles. The van der Waals surface area contributed by atoms with Crippen LogP contribution in [0.15, 0.2) is 71.6 Å². The van der Waals surface area contributed by atoms with E-state index in [-0.39, 0.29) is 49.6 Å². The molecule has 2 heterocycles. The quantitative estimate of drug-likeness (QED) is 0.150. The fourth-order valence-corrected chi connectivity index (χ4v) is 8.47. The summed E-state index contributed by atoms with van der Waals surface area (Å²) in [7, 11) is 0.996. The number of aliphatic hydroxyl groups is 1. The van der Waals surface area contributed by atoms with Crippen molar-refractivity contribution in [1.82, 2.24) is 4.31 Å². The number of fused-ring (bicyclic) bond motifs is 1. The maximum Gasteiger partial charge on any atom is 0.243 e. The average molecular weight is 771 g/mol. The molecule has 12 nitrogen and oxygen atoms in total. The van der Waals surface area contributed by atoms with Crippen LogP contribution in [0.2, 0.25) is 0 Å². The van der Waals surface area contributed by atoms with Crippen molar-refractivity contribution in [2.75, 3.05) is 92.0 Å². The van der Waals surface area contributed by atoms with Crippen LogP contribution in [0.3, 0.4) is 0 Å². The van der Waals surface area contributed by atoms with E-state index in [0.29, 0.717) is 33.0 Å². The van der Waals surface area contributed by atoms with E-state index in [2.05, 4.69) is 17.9 Å². The van der Waals surface area contributed by atoms with Crippen LogP contribution in [-0.4, -0.2) is 123 Å². The van der Waals surface area contributed by atoms with Gasteiger partial charge in [-0.1, -0.05) is 55.0 Å². The van der Waals surface area contributed by atoms with Crippen molar-refractivity contribution in [3.05, 3.63) is 89.0 Å². The Kier molecular flexibility index (Phi) is 16.1. The van der Waals surface area contributed by atoms with Crippen molar-refractivity contribution in [3.8, 4) is 5.75 Å². The van der Waals surface area contributed by atoms with Crippen molar-refractivity contribution in [2.24, 2.45) is 5.92 Å². The van der Waals surface area contributed by atoms with Gasteiger partial charge in [0.2, 0.25) is 10.0 Å². The van der Waals surface area contributed by atoms with Crippen LogP contribution in [0.25, 0.3) is 0 Å². The smallest absolute Gasteiger partial charge is 0.243 e. The van der Waals surface area contributed by atoms with Gasteiger partial charge in [-0.3, -0.25) is 0 Å². The van der Waals surface area contributed by atoms with Gasteiger partial charge in [0.05, 0.1) is 69.0 Å². The molecule has 5 rings (SSSR count). The Morgan fingerprint density at radius 1 is 0.833 bits per heavy atom. The van der Waals surface area contributed by atoms with Gasteiger partial charge in [0.25, 0.3) is 0 Å². The lowest BCUT2D eigenvalue weighted by Gasteiger charge is -2.43. The van der Waals surface area contributed by atoms with Gasteiger partial charge < -0.3 is 43.2 Å². The number of sulfonamides is 1. The lowest BCUT2D eigenvalue weighted by atomic mass is 9.85. The first-order chi connectivity index (χ1) is 26.1. The van der Waals surface area contributed by atoms with Gasteiger partial charge >= 0.3 is 0 Å². The van der Waals surface area contributed by atoms with Gasteiger partial charge in [0.1, 0.15) is 18.5 Å². The van der Waals surface area contributed by atoms with Crippen LogP contribution in [0.5, 0.6) is 5.75 Å². The first-order valence-electron chi connectivity index (χ1n) is 18.7. The maximum absolute atomic E-state index is 14.2. The molecular weight excluding hydrogens is 713 g/mol. The summed E-state index contributed by atoms with van der Waals surface area (Å²) in [5.41, 5.74) is 4.87. The molecule has 0 amide bonds. The Morgan fingerprint density at radius 3 is 2.24 bits per heavy atom. The Morgan fingerprint density at radius 2 is 1.54 bits per heavy atom. The lowest BCUT2D eigenvalue weighted by molar-refractivity contribution is -0.0997. The highest BCUT2D eigenvalue weighted by atomic mass is 32.2. The summed E-state index contributed by atoms with van der Waals surface area (Å²) >= 11 is 0. The van der Waals surface area contributed by atoms with Gasteiger partial charge in [-0.15, -0.1) is 0 Å². The third-order valence-electron chi connectivity index (χ3n) is 9.80. The highest BCUT2D eigenvalue weighted by Gasteiger charge is 2.44. The molecule has 1 fully saturated rings. The molecule has 2 aliphatic heterocycles. The summed E-state index contributed by atoms with van der Waals surface area (Å²) < 4.78 is 70.6. The molecule has 0 unspecified atom stereocenters. The molecule has 0 spiro atoms. The summed E-state index contributed by atoms with van der Waals surface area (Å²) in [6, 6.07) is 21.1. The van der Waals surface area contributed by atoms with Crippen LogP contribution in [-0.2, 0) is 51.7 Å². The SMILES string of the molecule is COCCCN1CCOc2ccc(CO[C@H]3CN(S(=O)(=O)c4ccc(C)cc4)C[C@@H](OC[C@@H](O)COC)[C@@H]3c3ccc(COC[C@@H](C)COC)cc3)cc21. The average Bonchev–Trinajstić information content (AvgIpc) is 3.17. The van der Waals surface area contributed by atoms with Crippen LogP contribution in [0.4, 0.5) is 5.69 Å². The molecule has 5 atom stereocenters. The number of ether oxygens (including phenoxy) is 7. The van der Waals surface area contributed by atoms with E-state index in [9.17, 15) is 13.5 Å². The number of nitrogens with zero attached hydrogens (tertiary/aromatic N) is 2. The predicted molar refractivity (Wildman–Crippen MR) is 207 cm³/mol. The first kappa shape index (κ1) is 42.0. The number of hydrogen-bond acceptors (Lipinski definition) is 11. The maximum atomic E-state index is 14.2. The normalized spacial score (nSPS) is 20.3. The third-order valence-corrected chi connectivity index (χ3v) is 11.6. The third kappa shape index (κ3) is 11.5. The zero-order chi connectivity index (χ0) is 38.5. The topological polar surface area (TPSA) is 125 Å². The lowest BCUT2D eigenvalue weighted by Crippen LogP contribution is -2.54. The van der Waals surface area contributed by atoms with Crippen molar-refractivity contribution < 1.29 is 46.7 Å². The van der Waals surface area contributed by atoms with Crippen LogP contribution in [0.1, 0.15) is 41.5 Å². The summed E-state index contributed by atoms with van der Waals surface area (Å²) in [5, 5.41) is 10.6. The molecule has 298 valence electrons. The standard InChI is InChI=1S/C41H58N2O10S/c1-30-7-14-36(15-8-30)54(45,46)43-22-39(52-27-33-11-16-38-37(21-33)42(18-20-51-38)17-6-19-47-3)41(40(23-43)53-29-35(44)28-49-5)34-12-9-32(10-13-34)26-50-25-31(2)24-48-4/h7-16,21,31,35,39-41,44H,6,17-20,22-29H2,1-5H3/t31-,35-,39-,40+,41+/m0/s1. The number of anilines is 1. The van der Waals surface area contributed by atoms with E-state index in [1.165, 1.54) is 11.4 Å².